The Kier molecular flexibility index (Phi) is 4.22. The molecule has 0 unspecified atom stereocenters. The van der Waals surface area contributed by atoms with E-state index in [4.69, 9.17) is 4.28 Å². The minimum absolute atomic E-state index is 0.0471. The molecule has 0 aliphatic heterocycles. The standard InChI is InChI=1S/C19H21NO3S/c1-14-8-10-15(11-9-14)24(21,22)23-20-18-12-13-19(2,3)17-7-5-4-6-16(17)18/h4-11H,12-13H2,1-3H3. The summed E-state index contributed by atoms with van der Waals surface area (Å²) in [5.74, 6) is 0. The Balaban J connectivity index is 1.91. The molecule has 0 saturated carbocycles. The van der Waals surface area contributed by atoms with Crippen LogP contribution in [0.3, 0.4) is 0 Å². The molecule has 0 atom stereocenters. The van der Waals surface area contributed by atoms with Gasteiger partial charge in [0, 0.05) is 5.56 Å². The molecule has 1 aliphatic rings. The molecule has 2 aromatic carbocycles. The summed E-state index contributed by atoms with van der Waals surface area (Å²) in [6, 6.07) is 14.5. The molecular formula is C19H21NO3S. The van der Waals surface area contributed by atoms with Crippen LogP contribution in [0.15, 0.2) is 58.6 Å². The Morgan fingerprint density at radius 2 is 1.71 bits per heavy atom. The lowest BCUT2D eigenvalue weighted by molar-refractivity contribution is 0.335. The molecule has 0 bridgehead atoms. The molecule has 0 saturated heterocycles. The Hall–Kier alpha value is -2.14. The van der Waals surface area contributed by atoms with Crippen molar-refractivity contribution in [3.8, 4) is 0 Å². The van der Waals surface area contributed by atoms with Gasteiger partial charge in [-0.25, -0.2) is 0 Å². The zero-order chi connectivity index (χ0) is 17.4. The van der Waals surface area contributed by atoms with Crippen LogP contribution >= 0.6 is 0 Å². The van der Waals surface area contributed by atoms with E-state index >= 15 is 0 Å². The highest BCUT2D eigenvalue weighted by Gasteiger charge is 2.31. The van der Waals surface area contributed by atoms with E-state index in [2.05, 4.69) is 25.1 Å². The zero-order valence-corrected chi connectivity index (χ0v) is 14.9. The van der Waals surface area contributed by atoms with Gasteiger partial charge < -0.3 is 0 Å². The first-order valence-electron chi connectivity index (χ1n) is 7.97. The van der Waals surface area contributed by atoms with E-state index in [1.54, 1.807) is 12.1 Å². The van der Waals surface area contributed by atoms with Gasteiger partial charge in [0.15, 0.2) is 0 Å². The van der Waals surface area contributed by atoms with Crippen molar-refractivity contribution >= 4 is 15.8 Å². The lowest BCUT2D eigenvalue weighted by atomic mass is 9.72. The van der Waals surface area contributed by atoms with E-state index in [9.17, 15) is 8.42 Å². The van der Waals surface area contributed by atoms with Gasteiger partial charge >= 0.3 is 10.1 Å². The van der Waals surface area contributed by atoms with Crippen molar-refractivity contribution in [2.75, 3.05) is 0 Å². The maximum atomic E-state index is 12.3. The van der Waals surface area contributed by atoms with Gasteiger partial charge in [-0.3, -0.25) is 4.28 Å². The number of aryl methyl sites for hydroxylation is 1. The molecule has 1 aliphatic carbocycles. The minimum atomic E-state index is -3.90. The van der Waals surface area contributed by atoms with Gasteiger partial charge in [-0.2, -0.15) is 8.42 Å². The van der Waals surface area contributed by atoms with Crippen LogP contribution in [0.2, 0.25) is 0 Å². The quantitative estimate of drug-likeness (QED) is 0.786. The highest BCUT2D eigenvalue weighted by Crippen LogP contribution is 2.36. The number of rotatable bonds is 3. The summed E-state index contributed by atoms with van der Waals surface area (Å²) in [6.45, 7) is 6.28. The third-order valence-electron chi connectivity index (χ3n) is 4.51. The lowest BCUT2D eigenvalue weighted by Crippen LogP contribution is -2.27. The van der Waals surface area contributed by atoms with Gasteiger partial charge in [0.25, 0.3) is 0 Å². The fourth-order valence-electron chi connectivity index (χ4n) is 2.96. The van der Waals surface area contributed by atoms with E-state index in [1.165, 1.54) is 17.7 Å². The topological polar surface area (TPSA) is 55.7 Å². The van der Waals surface area contributed by atoms with Crippen molar-refractivity contribution in [2.45, 2.75) is 43.9 Å². The SMILES string of the molecule is Cc1ccc(S(=O)(=O)ON=C2CCC(C)(C)c3ccccc32)cc1. The Labute approximate surface area is 143 Å². The van der Waals surface area contributed by atoms with Gasteiger partial charge in [-0.1, -0.05) is 61.0 Å². The van der Waals surface area contributed by atoms with Crippen molar-refractivity contribution in [1.29, 1.82) is 0 Å². The summed E-state index contributed by atoms with van der Waals surface area (Å²) >= 11 is 0. The van der Waals surface area contributed by atoms with Crippen LogP contribution in [-0.4, -0.2) is 14.1 Å². The highest BCUT2D eigenvalue weighted by molar-refractivity contribution is 7.86. The maximum absolute atomic E-state index is 12.3. The van der Waals surface area contributed by atoms with Crippen molar-refractivity contribution in [1.82, 2.24) is 0 Å². The minimum Gasteiger partial charge on any atom is -0.264 e. The third kappa shape index (κ3) is 3.22. The molecule has 126 valence electrons. The molecule has 4 nitrogen and oxygen atoms in total. The molecule has 5 heteroatoms. The highest BCUT2D eigenvalue weighted by atomic mass is 32.2. The fraction of sp³-hybridized carbons (Fsp3) is 0.316. The average Bonchev–Trinajstić information content (AvgIpc) is 2.55. The Morgan fingerprint density at radius 1 is 1.04 bits per heavy atom. The van der Waals surface area contributed by atoms with E-state index in [0.29, 0.717) is 12.1 Å². The Morgan fingerprint density at radius 3 is 2.42 bits per heavy atom. The van der Waals surface area contributed by atoms with Crippen molar-refractivity contribution in [2.24, 2.45) is 5.16 Å². The van der Waals surface area contributed by atoms with Gasteiger partial charge in [0.05, 0.1) is 5.71 Å². The lowest BCUT2D eigenvalue weighted by Gasteiger charge is -2.32. The van der Waals surface area contributed by atoms with Gasteiger partial charge in [0.1, 0.15) is 4.90 Å². The molecule has 0 amide bonds. The molecular weight excluding hydrogens is 322 g/mol. The monoisotopic (exact) mass is 343 g/mol. The molecule has 3 rings (SSSR count). The molecule has 0 radical (unpaired) electrons. The van der Waals surface area contributed by atoms with E-state index in [1.807, 2.05) is 25.1 Å². The number of oxime groups is 1. The zero-order valence-electron chi connectivity index (χ0n) is 14.1. The summed E-state index contributed by atoms with van der Waals surface area (Å²) in [4.78, 5) is 0.113. The number of hydrogen-bond acceptors (Lipinski definition) is 4. The molecule has 0 N–H and O–H groups in total. The molecule has 0 heterocycles. The average molecular weight is 343 g/mol. The van der Waals surface area contributed by atoms with Crippen molar-refractivity contribution < 1.29 is 12.7 Å². The molecule has 2 aromatic rings. The smallest absolute Gasteiger partial charge is 0.264 e. The molecule has 0 fully saturated rings. The maximum Gasteiger partial charge on any atom is 0.358 e. The summed E-state index contributed by atoms with van der Waals surface area (Å²) < 4.78 is 29.6. The van der Waals surface area contributed by atoms with Gasteiger partial charge in [0.2, 0.25) is 0 Å². The van der Waals surface area contributed by atoms with E-state index in [-0.39, 0.29) is 10.3 Å². The van der Waals surface area contributed by atoms with Crippen LogP contribution < -0.4 is 0 Å². The number of fused-ring (bicyclic) bond motifs is 1. The first kappa shape index (κ1) is 16.7. The van der Waals surface area contributed by atoms with Gasteiger partial charge in [-0.05, 0) is 42.9 Å². The Bertz CT molecular complexity index is 881. The predicted octanol–water partition coefficient (Wildman–Crippen LogP) is 4.18. The molecule has 0 aromatic heterocycles. The predicted molar refractivity (Wildman–Crippen MR) is 94.7 cm³/mol. The number of nitrogens with zero attached hydrogens (tertiary/aromatic N) is 1. The molecule has 0 spiro atoms. The summed E-state index contributed by atoms with van der Waals surface area (Å²) in [7, 11) is -3.90. The van der Waals surface area contributed by atoms with Crippen LogP contribution in [0, 0.1) is 6.92 Å². The van der Waals surface area contributed by atoms with Crippen LogP contribution in [0.25, 0.3) is 0 Å². The van der Waals surface area contributed by atoms with Crippen LogP contribution in [0.5, 0.6) is 0 Å². The number of benzene rings is 2. The summed E-state index contributed by atoms with van der Waals surface area (Å²) in [5.41, 5.74) is 3.86. The van der Waals surface area contributed by atoms with E-state index in [0.717, 1.165) is 17.5 Å². The first-order chi connectivity index (χ1) is 11.3. The summed E-state index contributed by atoms with van der Waals surface area (Å²) in [5, 5.41) is 3.99. The second kappa shape index (κ2) is 6.06. The number of hydrogen-bond donors (Lipinski definition) is 0. The third-order valence-corrected chi connectivity index (χ3v) is 5.63. The van der Waals surface area contributed by atoms with Crippen LogP contribution in [0.1, 0.15) is 43.4 Å². The second-order valence-corrected chi connectivity index (χ2v) is 8.34. The van der Waals surface area contributed by atoms with Crippen molar-refractivity contribution in [3.05, 3.63) is 65.2 Å². The van der Waals surface area contributed by atoms with Crippen LogP contribution in [0.4, 0.5) is 0 Å². The van der Waals surface area contributed by atoms with Crippen molar-refractivity contribution in [3.63, 3.8) is 0 Å². The summed E-state index contributed by atoms with van der Waals surface area (Å²) in [6.07, 6.45) is 1.59. The second-order valence-electron chi connectivity index (χ2n) is 6.81. The first-order valence-corrected chi connectivity index (χ1v) is 9.37. The fourth-order valence-corrected chi connectivity index (χ4v) is 3.71. The van der Waals surface area contributed by atoms with Crippen LogP contribution in [-0.2, 0) is 19.8 Å². The molecule has 24 heavy (non-hydrogen) atoms. The largest absolute Gasteiger partial charge is 0.358 e. The van der Waals surface area contributed by atoms with Gasteiger partial charge in [-0.15, -0.1) is 0 Å². The van der Waals surface area contributed by atoms with E-state index < -0.39 is 10.1 Å². The normalized spacial score (nSPS) is 18.2.